The van der Waals surface area contributed by atoms with Gasteiger partial charge in [-0.1, -0.05) is 66.7 Å². The van der Waals surface area contributed by atoms with E-state index in [-0.39, 0.29) is 0 Å². The molecular weight excluding hydrogens is 280 g/mol. The number of hydrogen-bond donors (Lipinski definition) is 1. The Bertz CT molecular complexity index is 1030. The van der Waals surface area contributed by atoms with Gasteiger partial charge >= 0.3 is 0 Å². The molecule has 0 bridgehead atoms. The van der Waals surface area contributed by atoms with Gasteiger partial charge in [-0.3, -0.25) is 0 Å². The summed E-state index contributed by atoms with van der Waals surface area (Å²) >= 11 is 0. The summed E-state index contributed by atoms with van der Waals surface area (Å²) in [6, 6.07) is 26.6. The van der Waals surface area contributed by atoms with Crippen LogP contribution in [0.4, 0.5) is 0 Å². The first kappa shape index (κ1) is 13.6. The Morgan fingerprint density at radius 3 is 1.78 bits per heavy atom. The predicted molar refractivity (Wildman–Crippen MR) is 98.5 cm³/mol. The smallest absolute Gasteiger partial charge is 0.116 e. The molecule has 0 fully saturated rings. The van der Waals surface area contributed by atoms with Crippen LogP contribution < -0.4 is 0 Å². The summed E-state index contributed by atoms with van der Waals surface area (Å²) in [7, 11) is 0. The Morgan fingerprint density at radius 2 is 1.04 bits per heavy atom. The van der Waals surface area contributed by atoms with Crippen LogP contribution in [0.2, 0.25) is 0 Å². The van der Waals surface area contributed by atoms with E-state index in [4.69, 9.17) is 0 Å². The monoisotopic (exact) mass is 296 g/mol. The Hall–Kier alpha value is -3.06. The molecule has 1 N–H and O–H groups in total. The minimum absolute atomic E-state index is 0.303. The lowest BCUT2D eigenvalue weighted by atomic mass is 10.0. The molecule has 0 aromatic heterocycles. The average Bonchev–Trinajstić information content (AvgIpc) is 2.59. The van der Waals surface area contributed by atoms with E-state index in [1.54, 1.807) is 12.1 Å². The maximum Gasteiger partial charge on any atom is 0.116 e. The van der Waals surface area contributed by atoms with Gasteiger partial charge in [-0.05, 0) is 56.9 Å². The molecule has 0 saturated carbocycles. The van der Waals surface area contributed by atoms with Gasteiger partial charge in [0.15, 0.2) is 0 Å². The van der Waals surface area contributed by atoms with Crippen molar-refractivity contribution in [2.75, 3.05) is 0 Å². The van der Waals surface area contributed by atoms with Gasteiger partial charge in [0.1, 0.15) is 5.75 Å². The number of hydrogen-bond acceptors (Lipinski definition) is 1. The lowest BCUT2D eigenvalue weighted by Crippen LogP contribution is -1.77. The van der Waals surface area contributed by atoms with Gasteiger partial charge in [-0.15, -0.1) is 0 Å². The molecule has 0 aliphatic carbocycles. The molecule has 1 nitrogen and oxygen atoms in total. The van der Waals surface area contributed by atoms with Crippen LogP contribution in [0.25, 0.3) is 33.7 Å². The zero-order valence-electron chi connectivity index (χ0n) is 12.6. The van der Waals surface area contributed by atoms with Gasteiger partial charge in [0.25, 0.3) is 0 Å². The second-order valence-corrected chi connectivity index (χ2v) is 5.73. The molecule has 1 heteroatoms. The Morgan fingerprint density at radius 1 is 0.522 bits per heavy atom. The third-order valence-electron chi connectivity index (χ3n) is 4.09. The van der Waals surface area contributed by atoms with Crippen LogP contribution in [0.1, 0.15) is 11.1 Å². The largest absolute Gasteiger partial charge is 0.508 e. The highest BCUT2D eigenvalue weighted by Crippen LogP contribution is 2.22. The van der Waals surface area contributed by atoms with E-state index in [1.165, 1.54) is 16.3 Å². The highest BCUT2D eigenvalue weighted by atomic mass is 16.3. The molecule has 0 unspecified atom stereocenters. The zero-order chi connectivity index (χ0) is 15.6. The number of fused-ring (bicyclic) bond motifs is 2. The van der Waals surface area contributed by atoms with Gasteiger partial charge < -0.3 is 5.11 Å². The number of aromatic hydroxyl groups is 1. The first-order chi connectivity index (χ1) is 11.3. The van der Waals surface area contributed by atoms with E-state index in [2.05, 4.69) is 66.7 Å². The van der Waals surface area contributed by atoms with Crippen LogP contribution in [0.5, 0.6) is 5.75 Å². The lowest BCUT2D eigenvalue weighted by molar-refractivity contribution is 0.476. The minimum Gasteiger partial charge on any atom is -0.508 e. The molecule has 0 radical (unpaired) electrons. The zero-order valence-corrected chi connectivity index (χ0v) is 12.6. The van der Waals surface area contributed by atoms with Crippen molar-refractivity contribution >= 4 is 33.7 Å². The fourth-order valence-electron chi connectivity index (χ4n) is 2.86. The van der Waals surface area contributed by atoms with Crippen molar-refractivity contribution in [3.63, 3.8) is 0 Å². The maximum atomic E-state index is 9.52. The van der Waals surface area contributed by atoms with Gasteiger partial charge in [0.2, 0.25) is 0 Å². The number of phenols is 1. The van der Waals surface area contributed by atoms with Crippen molar-refractivity contribution in [1.82, 2.24) is 0 Å². The fraction of sp³-hybridized carbons (Fsp3) is 0. The highest BCUT2D eigenvalue weighted by molar-refractivity contribution is 5.88. The molecule has 0 heterocycles. The van der Waals surface area contributed by atoms with Crippen LogP contribution in [0.15, 0.2) is 78.9 Å². The lowest BCUT2D eigenvalue weighted by Gasteiger charge is -2.02. The van der Waals surface area contributed by atoms with Gasteiger partial charge in [-0.2, -0.15) is 0 Å². The minimum atomic E-state index is 0.303. The molecule has 4 rings (SSSR count). The first-order valence-electron chi connectivity index (χ1n) is 7.68. The molecule has 110 valence electrons. The van der Waals surface area contributed by atoms with Crippen molar-refractivity contribution in [3.05, 3.63) is 90.0 Å². The second-order valence-electron chi connectivity index (χ2n) is 5.73. The third-order valence-corrected chi connectivity index (χ3v) is 4.09. The summed E-state index contributed by atoms with van der Waals surface area (Å²) in [6.45, 7) is 0. The topological polar surface area (TPSA) is 20.2 Å². The normalized spacial score (nSPS) is 11.5. The molecule has 0 spiro atoms. The quantitative estimate of drug-likeness (QED) is 0.459. The van der Waals surface area contributed by atoms with Crippen LogP contribution >= 0.6 is 0 Å². The molecule has 0 aliphatic rings. The summed E-state index contributed by atoms with van der Waals surface area (Å²) < 4.78 is 0. The van der Waals surface area contributed by atoms with E-state index in [1.807, 2.05) is 12.1 Å². The molecule has 0 aliphatic heterocycles. The number of rotatable bonds is 2. The molecule has 0 saturated heterocycles. The first-order valence-corrected chi connectivity index (χ1v) is 7.68. The van der Waals surface area contributed by atoms with Crippen LogP contribution in [-0.4, -0.2) is 5.11 Å². The molecule has 4 aromatic rings. The van der Waals surface area contributed by atoms with Crippen molar-refractivity contribution in [3.8, 4) is 5.75 Å². The third kappa shape index (κ3) is 2.82. The SMILES string of the molecule is Oc1ccc2cc(C=Cc3ccc4ccccc4c3)ccc2c1. The maximum absolute atomic E-state index is 9.52. The number of benzene rings is 4. The van der Waals surface area contributed by atoms with E-state index in [9.17, 15) is 5.11 Å². The standard InChI is InChI=1S/C22H16O/c23-22-12-11-20-14-17(8-10-21(20)15-22)6-5-16-7-9-18-3-1-2-4-19(18)13-16/h1-15,23H. The van der Waals surface area contributed by atoms with E-state index in [0.29, 0.717) is 5.75 Å². The summed E-state index contributed by atoms with van der Waals surface area (Å²) in [6.07, 6.45) is 4.25. The Kier molecular flexibility index (Phi) is 3.32. The molecular formula is C22H16O. The summed E-state index contributed by atoms with van der Waals surface area (Å²) in [5.74, 6) is 0.303. The van der Waals surface area contributed by atoms with Crippen molar-refractivity contribution in [2.24, 2.45) is 0 Å². The van der Waals surface area contributed by atoms with Gasteiger partial charge in [0.05, 0.1) is 0 Å². The molecule has 0 amide bonds. The van der Waals surface area contributed by atoms with E-state index in [0.717, 1.165) is 16.3 Å². The van der Waals surface area contributed by atoms with Crippen LogP contribution in [0, 0.1) is 0 Å². The Balaban J connectivity index is 1.67. The molecule has 23 heavy (non-hydrogen) atoms. The van der Waals surface area contributed by atoms with Crippen LogP contribution in [0.3, 0.4) is 0 Å². The summed E-state index contributed by atoms with van der Waals surface area (Å²) in [5, 5.41) is 14.2. The van der Waals surface area contributed by atoms with Crippen molar-refractivity contribution < 1.29 is 5.11 Å². The van der Waals surface area contributed by atoms with Crippen molar-refractivity contribution in [1.29, 1.82) is 0 Å². The average molecular weight is 296 g/mol. The van der Waals surface area contributed by atoms with E-state index >= 15 is 0 Å². The second kappa shape index (κ2) is 5.62. The summed E-state index contributed by atoms with van der Waals surface area (Å²) in [4.78, 5) is 0. The molecule has 0 atom stereocenters. The summed E-state index contributed by atoms with van der Waals surface area (Å²) in [5.41, 5.74) is 2.34. The molecule has 4 aromatic carbocycles. The van der Waals surface area contributed by atoms with Gasteiger partial charge in [-0.25, -0.2) is 0 Å². The Labute approximate surface area is 135 Å². The number of phenolic OH excluding ortho intramolecular Hbond substituents is 1. The van der Waals surface area contributed by atoms with E-state index < -0.39 is 0 Å². The fourth-order valence-corrected chi connectivity index (χ4v) is 2.86. The van der Waals surface area contributed by atoms with Crippen LogP contribution in [-0.2, 0) is 0 Å². The highest BCUT2D eigenvalue weighted by Gasteiger charge is 1.97. The predicted octanol–water partition coefficient (Wildman–Crippen LogP) is 5.87. The van der Waals surface area contributed by atoms with Gasteiger partial charge in [0, 0.05) is 0 Å². The van der Waals surface area contributed by atoms with Crippen molar-refractivity contribution in [2.45, 2.75) is 0 Å².